The average molecular weight is 369 g/mol. The molecular formula is C19H19N3O5. The summed E-state index contributed by atoms with van der Waals surface area (Å²) in [6.45, 7) is 2.44. The molecule has 0 atom stereocenters. The van der Waals surface area contributed by atoms with E-state index in [1.54, 1.807) is 24.3 Å². The third kappa shape index (κ3) is 5.96. The molecule has 2 rings (SSSR count). The molecule has 0 saturated heterocycles. The van der Waals surface area contributed by atoms with E-state index in [-0.39, 0.29) is 5.69 Å². The van der Waals surface area contributed by atoms with Crippen LogP contribution in [0, 0.1) is 10.1 Å². The van der Waals surface area contributed by atoms with Crippen molar-refractivity contribution < 1.29 is 19.2 Å². The summed E-state index contributed by atoms with van der Waals surface area (Å²) in [5.41, 5.74) is 5.48. The lowest BCUT2D eigenvalue weighted by Crippen LogP contribution is -2.40. The molecule has 140 valence electrons. The van der Waals surface area contributed by atoms with Crippen molar-refractivity contribution in [3.63, 3.8) is 0 Å². The molecule has 2 amide bonds. The first-order valence-corrected chi connectivity index (χ1v) is 8.26. The van der Waals surface area contributed by atoms with Crippen molar-refractivity contribution in [2.45, 2.75) is 13.3 Å². The van der Waals surface area contributed by atoms with Crippen molar-refractivity contribution in [1.82, 2.24) is 10.9 Å². The van der Waals surface area contributed by atoms with Gasteiger partial charge in [-0.3, -0.25) is 30.6 Å². The second-order valence-electron chi connectivity index (χ2n) is 5.47. The maximum atomic E-state index is 12.2. The van der Waals surface area contributed by atoms with Gasteiger partial charge in [-0.2, -0.15) is 0 Å². The zero-order chi connectivity index (χ0) is 19.6. The number of nitrogens with one attached hydrogen (secondary N) is 2. The number of nitro groups is 1. The second-order valence-corrected chi connectivity index (χ2v) is 5.47. The van der Waals surface area contributed by atoms with Crippen LogP contribution in [0.25, 0.3) is 6.08 Å². The summed E-state index contributed by atoms with van der Waals surface area (Å²) in [6.07, 6.45) is 3.49. The predicted octanol–water partition coefficient (Wildman–Crippen LogP) is 2.86. The van der Waals surface area contributed by atoms with E-state index >= 15 is 0 Å². The maximum absolute atomic E-state index is 12.2. The van der Waals surface area contributed by atoms with Gasteiger partial charge in [-0.05, 0) is 42.3 Å². The lowest BCUT2D eigenvalue weighted by atomic mass is 10.2. The highest BCUT2D eigenvalue weighted by Crippen LogP contribution is 2.17. The molecule has 2 N–H and O–H groups in total. The Morgan fingerprint density at radius 3 is 2.48 bits per heavy atom. The van der Waals surface area contributed by atoms with Crippen LogP contribution in [-0.2, 0) is 4.79 Å². The Kier molecular flexibility index (Phi) is 7.07. The Labute approximate surface area is 156 Å². The smallest absolute Gasteiger partial charge is 0.273 e. The highest BCUT2D eigenvalue weighted by Gasteiger charge is 2.12. The number of nitro benzene ring substituents is 1. The van der Waals surface area contributed by atoms with E-state index in [0.29, 0.717) is 23.5 Å². The molecule has 0 saturated carbocycles. The zero-order valence-corrected chi connectivity index (χ0v) is 14.7. The number of carbonyl (C=O) groups excluding carboxylic acids is 2. The van der Waals surface area contributed by atoms with E-state index in [1.807, 2.05) is 6.92 Å². The average Bonchev–Trinajstić information content (AvgIpc) is 2.69. The van der Waals surface area contributed by atoms with E-state index in [4.69, 9.17) is 4.74 Å². The van der Waals surface area contributed by atoms with Crippen molar-refractivity contribution in [3.05, 3.63) is 75.8 Å². The van der Waals surface area contributed by atoms with Crippen molar-refractivity contribution in [2.75, 3.05) is 6.61 Å². The van der Waals surface area contributed by atoms with Crippen molar-refractivity contribution in [3.8, 4) is 5.75 Å². The van der Waals surface area contributed by atoms with Crippen molar-refractivity contribution in [1.29, 1.82) is 0 Å². The number of non-ortho nitro benzene ring substituents is 1. The molecule has 27 heavy (non-hydrogen) atoms. The molecule has 0 heterocycles. The Morgan fingerprint density at radius 2 is 1.81 bits per heavy atom. The number of nitrogens with zero attached hydrogens (tertiary/aromatic N) is 1. The molecular weight excluding hydrogens is 350 g/mol. The molecule has 0 aliphatic heterocycles. The molecule has 0 fully saturated rings. The Morgan fingerprint density at radius 1 is 1.11 bits per heavy atom. The van der Waals surface area contributed by atoms with E-state index < -0.39 is 16.7 Å². The molecule has 0 aromatic heterocycles. The van der Waals surface area contributed by atoms with Crippen LogP contribution in [0.1, 0.15) is 29.3 Å². The quantitative estimate of drug-likeness (QED) is 0.443. The minimum atomic E-state index is -0.548. The topological polar surface area (TPSA) is 111 Å². The van der Waals surface area contributed by atoms with Gasteiger partial charge in [0.05, 0.1) is 17.1 Å². The van der Waals surface area contributed by atoms with Gasteiger partial charge in [0.2, 0.25) is 0 Å². The summed E-state index contributed by atoms with van der Waals surface area (Å²) >= 11 is 0. The van der Waals surface area contributed by atoms with Gasteiger partial charge in [-0.15, -0.1) is 0 Å². The number of hydrogen-bond donors (Lipinski definition) is 2. The highest BCUT2D eigenvalue weighted by molar-refractivity contribution is 5.99. The fourth-order valence-corrected chi connectivity index (χ4v) is 2.10. The summed E-state index contributed by atoms with van der Waals surface area (Å²) in [5, 5.41) is 10.6. The van der Waals surface area contributed by atoms with E-state index in [1.165, 1.54) is 36.4 Å². The van der Waals surface area contributed by atoms with Crippen LogP contribution in [0.4, 0.5) is 5.69 Å². The first-order valence-electron chi connectivity index (χ1n) is 8.26. The minimum Gasteiger partial charge on any atom is -0.493 e. The fraction of sp³-hybridized carbons (Fsp3) is 0.158. The van der Waals surface area contributed by atoms with Crippen molar-refractivity contribution >= 4 is 23.6 Å². The van der Waals surface area contributed by atoms with E-state index in [9.17, 15) is 19.7 Å². The molecule has 2 aromatic rings. The summed E-state index contributed by atoms with van der Waals surface area (Å²) in [5.74, 6) is -0.611. The summed E-state index contributed by atoms with van der Waals surface area (Å²) in [7, 11) is 0. The monoisotopic (exact) mass is 369 g/mol. The van der Waals surface area contributed by atoms with Crippen molar-refractivity contribution in [2.24, 2.45) is 0 Å². The Hall–Kier alpha value is -3.68. The molecule has 0 spiro atoms. The van der Waals surface area contributed by atoms with Gasteiger partial charge in [0.1, 0.15) is 5.75 Å². The lowest BCUT2D eigenvalue weighted by Gasteiger charge is -2.11. The van der Waals surface area contributed by atoms with Crippen LogP contribution in [0.5, 0.6) is 5.75 Å². The molecule has 0 unspecified atom stereocenters. The minimum absolute atomic E-state index is 0.0344. The number of hydrogen-bond acceptors (Lipinski definition) is 5. The number of para-hydroxylation sites is 1. The molecule has 2 aromatic carbocycles. The lowest BCUT2D eigenvalue weighted by molar-refractivity contribution is -0.384. The number of benzene rings is 2. The third-order valence-corrected chi connectivity index (χ3v) is 3.42. The predicted molar refractivity (Wildman–Crippen MR) is 100.0 cm³/mol. The standard InChI is InChI=1S/C19H19N3O5/c1-2-13-27-17-6-4-3-5-16(17)19(24)21-20-18(23)12-9-14-7-10-15(11-8-14)22(25)26/h3-12H,2,13H2,1H3,(H,20,23)(H,21,24)/b12-9+. The van der Waals surface area contributed by atoms with Crippen LogP contribution >= 0.6 is 0 Å². The summed E-state index contributed by atoms with van der Waals surface area (Å²) in [4.78, 5) is 34.1. The van der Waals surface area contributed by atoms with Crippen LogP contribution in [-0.4, -0.2) is 23.3 Å². The van der Waals surface area contributed by atoms with Crippen LogP contribution in [0.15, 0.2) is 54.6 Å². The number of carbonyl (C=O) groups is 2. The molecule has 0 aliphatic rings. The molecule has 0 radical (unpaired) electrons. The van der Waals surface area contributed by atoms with Gasteiger partial charge in [0.15, 0.2) is 0 Å². The van der Waals surface area contributed by atoms with E-state index in [2.05, 4.69) is 10.9 Å². The number of rotatable bonds is 7. The van der Waals surface area contributed by atoms with Gasteiger partial charge < -0.3 is 4.74 Å². The Bertz CT molecular complexity index is 847. The first-order chi connectivity index (χ1) is 13.0. The van der Waals surface area contributed by atoms with E-state index in [0.717, 1.165) is 6.42 Å². The first kappa shape index (κ1) is 19.6. The molecule has 0 aliphatic carbocycles. The van der Waals surface area contributed by atoms with Gasteiger partial charge in [-0.1, -0.05) is 19.1 Å². The van der Waals surface area contributed by atoms with Crippen LogP contribution < -0.4 is 15.6 Å². The number of hydrazine groups is 1. The van der Waals surface area contributed by atoms with Gasteiger partial charge in [-0.25, -0.2) is 0 Å². The summed E-state index contributed by atoms with van der Waals surface area (Å²) in [6, 6.07) is 12.4. The maximum Gasteiger partial charge on any atom is 0.273 e. The molecule has 8 heteroatoms. The number of amides is 2. The SMILES string of the molecule is CCCOc1ccccc1C(=O)NNC(=O)/C=C/c1ccc([N+](=O)[O-])cc1. The second kappa shape index (κ2) is 9.71. The zero-order valence-electron chi connectivity index (χ0n) is 14.7. The van der Waals surface area contributed by atoms with Gasteiger partial charge in [0.25, 0.3) is 17.5 Å². The third-order valence-electron chi connectivity index (χ3n) is 3.42. The normalized spacial score (nSPS) is 10.4. The largest absolute Gasteiger partial charge is 0.493 e. The molecule has 8 nitrogen and oxygen atoms in total. The summed E-state index contributed by atoms with van der Waals surface area (Å²) < 4.78 is 5.51. The number of ether oxygens (including phenoxy) is 1. The Balaban J connectivity index is 1.91. The fourth-order valence-electron chi connectivity index (χ4n) is 2.10. The highest BCUT2D eigenvalue weighted by atomic mass is 16.6. The van der Waals surface area contributed by atoms with Gasteiger partial charge >= 0.3 is 0 Å². The molecule has 0 bridgehead atoms. The van der Waals surface area contributed by atoms with Gasteiger partial charge in [0, 0.05) is 18.2 Å². The van der Waals surface area contributed by atoms with Crippen LogP contribution in [0.3, 0.4) is 0 Å². The van der Waals surface area contributed by atoms with Crippen LogP contribution in [0.2, 0.25) is 0 Å².